The van der Waals surface area contributed by atoms with Gasteiger partial charge in [0.25, 0.3) is 0 Å². The minimum Gasteiger partial charge on any atom is -0.384 e. The number of nitrogens with one attached hydrogen (secondary N) is 1. The van der Waals surface area contributed by atoms with Gasteiger partial charge in [0, 0.05) is 11.8 Å². The molecule has 21 heavy (non-hydrogen) atoms. The van der Waals surface area contributed by atoms with Crippen LogP contribution in [0.25, 0.3) is 0 Å². The summed E-state index contributed by atoms with van der Waals surface area (Å²) in [6, 6.07) is 1.65. The van der Waals surface area contributed by atoms with E-state index in [0.29, 0.717) is 17.4 Å². The fourth-order valence-electron chi connectivity index (χ4n) is 2.24. The number of amides is 1. The first-order valence-corrected chi connectivity index (χ1v) is 9.24. The molecule has 1 fully saturated rings. The Balaban J connectivity index is 1.91. The van der Waals surface area contributed by atoms with Crippen molar-refractivity contribution in [3.05, 3.63) is 11.8 Å². The Morgan fingerprint density at radius 2 is 2.24 bits per heavy atom. The molecule has 1 atom stereocenters. The zero-order chi connectivity index (χ0) is 15.7. The van der Waals surface area contributed by atoms with Crippen molar-refractivity contribution in [1.82, 2.24) is 15.3 Å². The average molecular weight is 330 g/mol. The maximum atomic E-state index is 11.9. The summed E-state index contributed by atoms with van der Waals surface area (Å²) in [7, 11) is -3.04. The summed E-state index contributed by atoms with van der Waals surface area (Å²) in [6.45, 7) is 3.55. The van der Waals surface area contributed by atoms with Gasteiger partial charge in [-0.25, -0.2) is 18.4 Å². The molecule has 2 heterocycles. The molecule has 7 nitrogen and oxygen atoms in total. The van der Waals surface area contributed by atoms with Crippen molar-refractivity contribution in [2.75, 3.05) is 23.0 Å². The number of hydrogen-bond donors (Lipinski definition) is 2. The molecule has 2 rings (SSSR count). The highest BCUT2D eigenvalue weighted by atomic mass is 32.2. The Morgan fingerprint density at radius 1 is 1.52 bits per heavy atom. The van der Waals surface area contributed by atoms with Crippen molar-refractivity contribution in [3.8, 4) is 0 Å². The van der Waals surface area contributed by atoms with Crippen LogP contribution in [0.4, 0.5) is 5.82 Å². The lowest BCUT2D eigenvalue weighted by Crippen LogP contribution is -2.47. The van der Waals surface area contributed by atoms with Gasteiger partial charge < -0.3 is 11.1 Å². The summed E-state index contributed by atoms with van der Waals surface area (Å²) in [5, 5.41) is 3.22. The van der Waals surface area contributed by atoms with Crippen LogP contribution in [0, 0.1) is 6.92 Å². The first-order valence-electron chi connectivity index (χ1n) is 6.43. The molecule has 0 radical (unpaired) electrons. The third-order valence-corrected chi connectivity index (χ3v) is 5.88. The predicted molar refractivity (Wildman–Crippen MR) is 81.7 cm³/mol. The second-order valence-corrected chi connectivity index (χ2v) is 8.58. The molecule has 0 bridgehead atoms. The number of carbonyl (C=O) groups excluding carboxylic acids is 1. The van der Waals surface area contributed by atoms with Gasteiger partial charge >= 0.3 is 0 Å². The van der Waals surface area contributed by atoms with Gasteiger partial charge in [-0.05, 0) is 20.3 Å². The molecule has 1 amide bonds. The second kappa shape index (κ2) is 5.80. The third-order valence-electron chi connectivity index (χ3n) is 3.13. The summed E-state index contributed by atoms with van der Waals surface area (Å²) in [4.78, 5) is 20.2. The van der Waals surface area contributed by atoms with E-state index in [1.54, 1.807) is 19.9 Å². The number of nitrogens with two attached hydrogens (primary N) is 1. The molecule has 1 aromatic heterocycles. The van der Waals surface area contributed by atoms with E-state index >= 15 is 0 Å². The van der Waals surface area contributed by atoms with E-state index in [2.05, 4.69) is 15.3 Å². The zero-order valence-corrected chi connectivity index (χ0v) is 13.6. The SMILES string of the molecule is Cc1cc(N)nc(SCC(=O)NC2(C)CCS(=O)(=O)C2)n1. The Bertz CT molecular complexity index is 642. The van der Waals surface area contributed by atoms with Gasteiger partial charge in [0.05, 0.1) is 22.8 Å². The van der Waals surface area contributed by atoms with E-state index in [1.165, 1.54) is 11.8 Å². The molecular weight excluding hydrogens is 312 g/mol. The molecule has 0 aliphatic carbocycles. The van der Waals surface area contributed by atoms with Gasteiger partial charge in [0.1, 0.15) is 5.82 Å². The Kier molecular flexibility index (Phi) is 4.43. The molecule has 0 aromatic carbocycles. The number of nitrogen functional groups attached to an aromatic ring is 1. The first kappa shape index (κ1) is 16.0. The fraction of sp³-hybridized carbons (Fsp3) is 0.583. The van der Waals surface area contributed by atoms with Crippen molar-refractivity contribution < 1.29 is 13.2 Å². The minimum absolute atomic E-state index is 0.00962. The number of nitrogens with zero attached hydrogens (tertiary/aromatic N) is 2. The van der Waals surface area contributed by atoms with Crippen LogP contribution in [0.1, 0.15) is 19.0 Å². The Morgan fingerprint density at radius 3 is 2.81 bits per heavy atom. The molecule has 1 aromatic rings. The van der Waals surface area contributed by atoms with Crippen LogP contribution < -0.4 is 11.1 Å². The van der Waals surface area contributed by atoms with E-state index in [9.17, 15) is 13.2 Å². The van der Waals surface area contributed by atoms with Crippen molar-refractivity contribution >= 4 is 33.3 Å². The van der Waals surface area contributed by atoms with Crippen molar-refractivity contribution in [1.29, 1.82) is 0 Å². The molecule has 0 spiro atoms. The van der Waals surface area contributed by atoms with Crippen LogP contribution >= 0.6 is 11.8 Å². The largest absolute Gasteiger partial charge is 0.384 e. The fourth-order valence-corrected chi connectivity index (χ4v) is 5.05. The topological polar surface area (TPSA) is 115 Å². The van der Waals surface area contributed by atoms with Crippen LogP contribution in [-0.4, -0.2) is 47.1 Å². The summed E-state index contributed by atoms with van der Waals surface area (Å²) < 4.78 is 23.0. The van der Waals surface area contributed by atoms with Gasteiger partial charge in [-0.1, -0.05) is 11.8 Å². The van der Waals surface area contributed by atoms with Crippen LogP contribution in [-0.2, 0) is 14.6 Å². The number of sulfone groups is 1. The zero-order valence-electron chi connectivity index (χ0n) is 11.9. The molecule has 1 aliphatic rings. The monoisotopic (exact) mass is 330 g/mol. The molecule has 1 unspecified atom stereocenters. The van der Waals surface area contributed by atoms with Crippen LogP contribution in [0.15, 0.2) is 11.2 Å². The quantitative estimate of drug-likeness (QED) is 0.596. The summed E-state index contributed by atoms with van der Waals surface area (Å²) in [5.74, 6) is 0.361. The lowest BCUT2D eigenvalue weighted by molar-refractivity contribution is -0.120. The maximum absolute atomic E-state index is 11.9. The van der Waals surface area contributed by atoms with Crippen molar-refractivity contribution in [3.63, 3.8) is 0 Å². The van der Waals surface area contributed by atoms with Gasteiger partial charge in [0.15, 0.2) is 15.0 Å². The van der Waals surface area contributed by atoms with Crippen LogP contribution in [0.3, 0.4) is 0 Å². The average Bonchev–Trinajstić information content (AvgIpc) is 2.59. The Hall–Kier alpha value is -1.35. The van der Waals surface area contributed by atoms with E-state index in [-0.39, 0.29) is 23.2 Å². The predicted octanol–water partition coefficient (Wildman–Crippen LogP) is 0.153. The van der Waals surface area contributed by atoms with Gasteiger partial charge in [-0.2, -0.15) is 0 Å². The Labute approximate surface area is 128 Å². The number of thioether (sulfide) groups is 1. The van der Waals surface area contributed by atoms with Crippen molar-refractivity contribution in [2.45, 2.75) is 31.0 Å². The van der Waals surface area contributed by atoms with Crippen molar-refractivity contribution in [2.24, 2.45) is 0 Å². The maximum Gasteiger partial charge on any atom is 0.230 e. The van der Waals surface area contributed by atoms with E-state index < -0.39 is 15.4 Å². The number of aryl methyl sites for hydroxylation is 1. The molecule has 1 saturated heterocycles. The number of anilines is 1. The second-order valence-electron chi connectivity index (χ2n) is 5.46. The van der Waals surface area contributed by atoms with Crippen LogP contribution in [0.2, 0.25) is 0 Å². The highest BCUT2D eigenvalue weighted by Crippen LogP contribution is 2.23. The highest BCUT2D eigenvalue weighted by Gasteiger charge is 2.39. The van der Waals surface area contributed by atoms with E-state index in [0.717, 1.165) is 5.69 Å². The number of hydrogen-bond acceptors (Lipinski definition) is 7. The number of aromatic nitrogens is 2. The lowest BCUT2D eigenvalue weighted by atomic mass is 10.0. The summed E-state index contributed by atoms with van der Waals surface area (Å²) in [5.41, 5.74) is 5.67. The highest BCUT2D eigenvalue weighted by molar-refractivity contribution is 7.99. The summed E-state index contributed by atoms with van der Waals surface area (Å²) >= 11 is 1.18. The third kappa shape index (κ3) is 4.57. The lowest BCUT2D eigenvalue weighted by Gasteiger charge is -2.23. The smallest absolute Gasteiger partial charge is 0.230 e. The van der Waals surface area contributed by atoms with Crippen LogP contribution in [0.5, 0.6) is 0 Å². The summed E-state index contributed by atoms with van der Waals surface area (Å²) in [6.07, 6.45) is 0.444. The number of rotatable bonds is 4. The minimum atomic E-state index is -3.04. The molecule has 9 heteroatoms. The molecule has 3 N–H and O–H groups in total. The molecule has 116 valence electrons. The standard InChI is InChI=1S/C12H18N4O3S2/c1-8-5-9(13)15-11(14-8)20-6-10(17)16-12(2)3-4-21(18,19)7-12/h5H,3-4,6-7H2,1-2H3,(H,16,17)(H2,13,14,15). The van der Waals surface area contributed by atoms with Gasteiger partial charge in [0.2, 0.25) is 5.91 Å². The number of carbonyl (C=O) groups is 1. The molecule has 0 saturated carbocycles. The first-order chi connectivity index (χ1) is 9.67. The van der Waals surface area contributed by atoms with E-state index in [1.807, 2.05) is 0 Å². The van der Waals surface area contributed by atoms with Gasteiger partial charge in [-0.3, -0.25) is 4.79 Å². The van der Waals surface area contributed by atoms with E-state index in [4.69, 9.17) is 5.73 Å². The normalized spacial score (nSPS) is 23.9. The van der Waals surface area contributed by atoms with Gasteiger partial charge in [-0.15, -0.1) is 0 Å². The molecule has 1 aliphatic heterocycles. The molecular formula is C12H18N4O3S2.